The Morgan fingerprint density at radius 3 is 2.77 bits per heavy atom. The van der Waals surface area contributed by atoms with Gasteiger partial charge >= 0.3 is 0 Å². The van der Waals surface area contributed by atoms with Crippen LogP contribution in [-0.2, 0) is 11.2 Å². The maximum absolute atomic E-state index is 12.0. The summed E-state index contributed by atoms with van der Waals surface area (Å²) in [6, 6.07) is 8.42. The van der Waals surface area contributed by atoms with Crippen molar-refractivity contribution in [2.45, 2.75) is 51.5 Å². The second-order valence-corrected chi connectivity index (χ2v) is 6.90. The maximum Gasteiger partial charge on any atom is 0.227 e. The van der Waals surface area contributed by atoms with E-state index in [2.05, 4.69) is 46.8 Å². The van der Waals surface area contributed by atoms with Crippen LogP contribution in [0, 0.1) is 0 Å². The molecule has 3 rings (SSSR count). The average molecular weight is 379 g/mol. The third-order valence-corrected chi connectivity index (χ3v) is 4.53. The van der Waals surface area contributed by atoms with Crippen LogP contribution in [0.1, 0.15) is 50.5 Å². The van der Waals surface area contributed by atoms with Crippen LogP contribution in [0.4, 0.5) is 0 Å². The Labute approximate surface area is 160 Å². The van der Waals surface area contributed by atoms with Crippen molar-refractivity contribution in [3.05, 3.63) is 35.7 Å². The second-order valence-electron chi connectivity index (χ2n) is 6.90. The second kappa shape index (κ2) is 9.69. The first-order chi connectivity index (χ1) is 12.1. The zero-order valence-electron chi connectivity index (χ0n) is 15.3. The molecule has 1 atom stereocenters. The molecular weight excluding hydrogens is 352 g/mol. The Morgan fingerprint density at radius 2 is 2.12 bits per heavy atom. The van der Waals surface area contributed by atoms with Crippen LogP contribution < -0.4 is 10.6 Å². The minimum Gasteiger partial charge on any atom is -0.352 e. The number of halogens is 1. The van der Waals surface area contributed by atoms with Crippen LogP contribution in [0.5, 0.6) is 0 Å². The van der Waals surface area contributed by atoms with Crippen molar-refractivity contribution in [1.82, 2.24) is 20.8 Å². The van der Waals surface area contributed by atoms with Crippen molar-refractivity contribution in [3.63, 3.8) is 0 Å². The summed E-state index contributed by atoms with van der Waals surface area (Å²) < 4.78 is 5.28. The van der Waals surface area contributed by atoms with Gasteiger partial charge in [-0.05, 0) is 30.9 Å². The fourth-order valence-electron chi connectivity index (χ4n) is 2.99. The Bertz CT molecular complexity index is 694. The molecule has 1 aliphatic rings. The molecule has 1 saturated heterocycles. The molecule has 2 N–H and O–H groups in total. The molecular formula is C19H27ClN4O2. The van der Waals surface area contributed by atoms with Gasteiger partial charge in [-0.3, -0.25) is 4.79 Å². The highest BCUT2D eigenvalue weighted by molar-refractivity contribution is 5.85. The molecule has 1 aromatic carbocycles. The molecule has 6 nitrogen and oxygen atoms in total. The Balaban J connectivity index is 0.00000243. The lowest BCUT2D eigenvalue weighted by Crippen LogP contribution is -2.45. The zero-order chi connectivity index (χ0) is 17.6. The van der Waals surface area contributed by atoms with E-state index in [4.69, 9.17) is 4.52 Å². The van der Waals surface area contributed by atoms with E-state index in [0.717, 1.165) is 31.5 Å². The molecule has 142 valence electrons. The lowest BCUT2D eigenvalue weighted by Gasteiger charge is -2.23. The summed E-state index contributed by atoms with van der Waals surface area (Å²) in [6.07, 6.45) is 2.97. The summed E-state index contributed by atoms with van der Waals surface area (Å²) >= 11 is 0. The number of aryl methyl sites for hydroxylation is 1. The molecule has 7 heteroatoms. The van der Waals surface area contributed by atoms with Gasteiger partial charge in [-0.15, -0.1) is 12.4 Å². The number of carbonyl (C=O) groups is 1. The Kier molecular flexibility index (Phi) is 7.60. The lowest BCUT2D eigenvalue weighted by atomic mass is 10.0. The molecule has 26 heavy (non-hydrogen) atoms. The third kappa shape index (κ3) is 5.54. The summed E-state index contributed by atoms with van der Waals surface area (Å²) in [7, 11) is 0. The summed E-state index contributed by atoms with van der Waals surface area (Å²) in [6.45, 7) is 6.21. The van der Waals surface area contributed by atoms with Gasteiger partial charge in [-0.1, -0.05) is 43.3 Å². The number of rotatable bonds is 6. The van der Waals surface area contributed by atoms with Gasteiger partial charge in [0, 0.05) is 31.0 Å². The highest BCUT2D eigenvalue weighted by Crippen LogP contribution is 2.20. The predicted octanol–water partition coefficient (Wildman–Crippen LogP) is 3.08. The average Bonchev–Trinajstić information content (AvgIpc) is 3.10. The third-order valence-electron chi connectivity index (χ3n) is 4.53. The normalized spacial score (nSPS) is 17.0. The van der Waals surface area contributed by atoms with Crippen LogP contribution in [0.3, 0.4) is 0 Å². The summed E-state index contributed by atoms with van der Waals surface area (Å²) in [5, 5.41) is 10.4. The monoisotopic (exact) mass is 378 g/mol. The number of nitrogens with one attached hydrogen (secondary N) is 2. The molecule has 0 aliphatic carbocycles. The van der Waals surface area contributed by atoms with Gasteiger partial charge in [0.15, 0.2) is 0 Å². The smallest absolute Gasteiger partial charge is 0.227 e. The zero-order valence-corrected chi connectivity index (χ0v) is 16.1. The van der Waals surface area contributed by atoms with Crippen LogP contribution in [0.15, 0.2) is 28.8 Å². The first-order valence-corrected chi connectivity index (χ1v) is 9.05. The van der Waals surface area contributed by atoms with Crippen molar-refractivity contribution >= 4 is 18.3 Å². The fourth-order valence-corrected chi connectivity index (χ4v) is 2.99. The molecule has 0 radical (unpaired) electrons. The number of amides is 1. The van der Waals surface area contributed by atoms with Crippen molar-refractivity contribution in [3.8, 4) is 11.4 Å². The van der Waals surface area contributed by atoms with E-state index in [1.807, 2.05) is 12.1 Å². The number of aromatic nitrogens is 2. The van der Waals surface area contributed by atoms with E-state index in [-0.39, 0.29) is 24.4 Å². The van der Waals surface area contributed by atoms with E-state index in [9.17, 15) is 4.79 Å². The van der Waals surface area contributed by atoms with E-state index in [0.29, 0.717) is 30.5 Å². The standard InChI is InChI=1S/C19H26N4O2.ClH/c1-13(2)14-5-7-15(8-6-14)19-22-18(25-23-19)10-9-17(24)21-16-4-3-11-20-12-16;/h5-8,13,16,20H,3-4,9-12H2,1-2H3,(H,21,24);1H/t16-;/m0./s1. The molecule has 0 saturated carbocycles. The number of benzene rings is 1. The van der Waals surface area contributed by atoms with Crippen molar-refractivity contribution in [2.24, 2.45) is 0 Å². The summed E-state index contributed by atoms with van der Waals surface area (Å²) in [4.78, 5) is 16.4. The molecule has 1 fully saturated rings. The predicted molar refractivity (Wildman–Crippen MR) is 103 cm³/mol. The fraction of sp³-hybridized carbons (Fsp3) is 0.526. The highest BCUT2D eigenvalue weighted by Gasteiger charge is 2.16. The van der Waals surface area contributed by atoms with E-state index in [1.165, 1.54) is 5.56 Å². The van der Waals surface area contributed by atoms with Gasteiger partial charge in [0.1, 0.15) is 0 Å². The van der Waals surface area contributed by atoms with Crippen molar-refractivity contribution in [1.29, 1.82) is 0 Å². The van der Waals surface area contributed by atoms with Crippen LogP contribution >= 0.6 is 12.4 Å². The van der Waals surface area contributed by atoms with Gasteiger partial charge in [0.05, 0.1) is 0 Å². The Hall–Kier alpha value is -1.92. The number of hydrogen-bond acceptors (Lipinski definition) is 5. The van der Waals surface area contributed by atoms with Gasteiger partial charge in [-0.2, -0.15) is 4.98 Å². The van der Waals surface area contributed by atoms with Crippen molar-refractivity contribution in [2.75, 3.05) is 13.1 Å². The Morgan fingerprint density at radius 1 is 1.35 bits per heavy atom. The van der Waals surface area contributed by atoms with Gasteiger partial charge in [0.25, 0.3) is 0 Å². The van der Waals surface area contributed by atoms with E-state index >= 15 is 0 Å². The number of piperidine rings is 1. The quantitative estimate of drug-likeness (QED) is 0.807. The van der Waals surface area contributed by atoms with Crippen LogP contribution in [-0.4, -0.2) is 35.2 Å². The van der Waals surface area contributed by atoms with Crippen LogP contribution in [0.25, 0.3) is 11.4 Å². The van der Waals surface area contributed by atoms with Gasteiger partial charge in [-0.25, -0.2) is 0 Å². The van der Waals surface area contributed by atoms with Crippen molar-refractivity contribution < 1.29 is 9.32 Å². The number of carbonyl (C=O) groups excluding carboxylic acids is 1. The van der Waals surface area contributed by atoms with E-state index in [1.54, 1.807) is 0 Å². The maximum atomic E-state index is 12.0. The minimum atomic E-state index is 0. The molecule has 0 bridgehead atoms. The van der Waals surface area contributed by atoms with Gasteiger partial charge in [0.2, 0.25) is 17.6 Å². The largest absolute Gasteiger partial charge is 0.352 e. The number of nitrogens with zero attached hydrogens (tertiary/aromatic N) is 2. The molecule has 0 unspecified atom stereocenters. The molecule has 1 aliphatic heterocycles. The molecule has 1 aromatic heterocycles. The highest BCUT2D eigenvalue weighted by atomic mass is 35.5. The van der Waals surface area contributed by atoms with Gasteiger partial charge < -0.3 is 15.2 Å². The summed E-state index contributed by atoms with van der Waals surface area (Å²) in [5.74, 6) is 1.60. The summed E-state index contributed by atoms with van der Waals surface area (Å²) in [5.41, 5.74) is 2.21. The molecule has 2 aromatic rings. The lowest BCUT2D eigenvalue weighted by molar-refractivity contribution is -0.121. The SMILES string of the molecule is CC(C)c1ccc(-c2noc(CCC(=O)N[C@H]3CCCNC3)n2)cc1.Cl. The molecule has 2 heterocycles. The van der Waals surface area contributed by atoms with E-state index < -0.39 is 0 Å². The van der Waals surface area contributed by atoms with Crippen LogP contribution in [0.2, 0.25) is 0 Å². The molecule has 1 amide bonds. The molecule has 0 spiro atoms. The first-order valence-electron chi connectivity index (χ1n) is 9.05. The minimum absolute atomic E-state index is 0. The topological polar surface area (TPSA) is 80.0 Å². The number of hydrogen-bond donors (Lipinski definition) is 2. The first kappa shape index (κ1) is 20.4.